The van der Waals surface area contributed by atoms with Crippen molar-refractivity contribution >= 4 is 95.7 Å². The van der Waals surface area contributed by atoms with Crippen LogP contribution in [-0.2, 0) is 0 Å². The number of hydrogen-bond acceptors (Lipinski definition) is 0. The van der Waals surface area contributed by atoms with Gasteiger partial charge in [0.1, 0.15) is 0 Å². The minimum atomic E-state index is -5.42. The number of hydrogen-bond donors (Lipinski definition) is 0. The molecular weight excluding hydrogens is 588 g/mol. The Labute approximate surface area is 170 Å². The molecule has 0 N–H and O–H groups in total. The topological polar surface area (TPSA) is 14.1 Å². The summed E-state index contributed by atoms with van der Waals surface area (Å²) >= 11 is 12.2. The molecule has 0 aliphatic heterocycles. The molecule has 0 amide bonds. The van der Waals surface area contributed by atoms with Crippen molar-refractivity contribution in [2.45, 2.75) is 0 Å². The van der Waals surface area contributed by atoms with Gasteiger partial charge in [0.2, 0.25) is 0 Å². The van der Waals surface area contributed by atoms with E-state index in [2.05, 4.69) is 4.67 Å². The van der Waals surface area contributed by atoms with Crippen molar-refractivity contribution in [1.82, 2.24) is 4.67 Å². The summed E-state index contributed by atoms with van der Waals surface area (Å²) in [6, 6.07) is 19.0. The molecule has 2 aromatic rings. The summed E-state index contributed by atoms with van der Waals surface area (Å²) in [5.41, 5.74) is 1.70. The van der Waals surface area contributed by atoms with Gasteiger partial charge in [-0.1, -0.05) is 41.1 Å². The zero-order chi connectivity index (χ0) is 18.5. The molecular formula is C14H10Cl8NSb. The first-order valence-corrected chi connectivity index (χ1v) is 26.3. The molecule has 0 aliphatic rings. The molecule has 1 nitrogen and oxygen atoms in total. The predicted octanol–water partition coefficient (Wildman–Crippen LogP) is 7.18. The normalized spacial score (nSPS) is 13.5. The zero-order valence-corrected chi connectivity index (χ0v) is 20.3. The monoisotopic (exact) mass is 593 g/mol. The van der Waals surface area contributed by atoms with Crippen LogP contribution in [0.2, 0.25) is 0 Å². The van der Waals surface area contributed by atoms with Gasteiger partial charge in [0, 0.05) is 23.2 Å². The molecule has 0 fully saturated rings. The second kappa shape index (κ2) is 8.37. The van der Waals surface area contributed by atoms with E-state index in [1.807, 2.05) is 60.7 Å². The maximum atomic E-state index is 6.10. The van der Waals surface area contributed by atoms with Crippen molar-refractivity contribution in [3.8, 4) is 0 Å². The van der Waals surface area contributed by atoms with Crippen LogP contribution < -0.4 is 4.67 Å². The second-order valence-electron chi connectivity index (χ2n) is 4.38. The molecule has 24 heavy (non-hydrogen) atoms. The molecule has 10 heteroatoms. The molecule has 0 unspecified atom stereocenters. The molecule has 2 rings (SSSR count). The first-order chi connectivity index (χ1) is 10.7. The van der Waals surface area contributed by atoms with Crippen LogP contribution in [0.4, 0.5) is 0 Å². The fourth-order valence-electron chi connectivity index (χ4n) is 1.37. The Morgan fingerprint density at radius 1 is 0.583 bits per heavy atom. The number of nitrogens with zero attached hydrogens (tertiary/aromatic N) is 1. The molecule has 0 bridgehead atoms. The van der Waals surface area contributed by atoms with Crippen LogP contribution in [0.3, 0.4) is 0 Å². The molecule has 0 saturated heterocycles. The van der Waals surface area contributed by atoms with Crippen LogP contribution in [0.15, 0.2) is 60.7 Å². The Kier molecular flexibility index (Phi) is 8.04. The number of benzene rings is 2. The van der Waals surface area contributed by atoms with Gasteiger partial charge >= 0.3 is 72.5 Å². The van der Waals surface area contributed by atoms with Gasteiger partial charge < -0.3 is 0 Å². The molecule has 2 aromatic carbocycles. The van der Waals surface area contributed by atoms with E-state index in [0.717, 1.165) is 11.1 Å². The average molecular weight is 598 g/mol. The number of halogens is 8. The van der Waals surface area contributed by atoms with E-state index in [1.165, 1.54) is 0 Å². The van der Waals surface area contributed by atoms with Gasteiger partial charge in [0.15, 0.2) is 0 Å². The van der Waals surface area contributed by atoms with E-state index in [4.69, 9.17) is 76.2 Å². The molecule has 132 valence electrons. The van der Waals surface area contributed by atoms with E-state index in [9.17, 15) is 0 Å². The molecule has 0 aromatic heterocycles. The first-order valence-electron chi connectivity index (χ1n) is 6.16. The van der Waals surface area contributed by atoms with E-state index in [1.54, 1.807) is 0 Å². The predicted molar refractivity (Wildman–Crippen MR) is 116 cm³/mol. The van der Waals surface area contributed by atoms with Gasteiger partial charge in [-0.15, -0.1) is 0 Å². The van der Waals surface area contributed by atoms with Gasteiger partial charge in [0.25, 0.3) is 0 Å². The maximum absolute atomic E-state index is 6.10. The molecule has 0 atom stereocenters. The van der Waals surface area contributed by atoms with Crippen molar-refractivity contribution in [2.24, 2.45) is 0 Å². The third kappa shape index (κ3) is 13.3. The average Bonchev–Trinajstić information content (AvgIpc) is 2.46. The van der Waals surface area contributed by atoms with E-state index in [0.29, 0.717) is 10.3 Å². The summed E-state index contributed by atoms with van der Waals surface area (Å²) in [6.07, 6.45) is 0. The number of rotatable bonds is 2. The van der Waals surface area contributed by atoms with Crippen LogP contribution >= 0.6 is 76.2 Å². The summed E-state index contributed by atoms with van der Waals surface area (Å²) in [6.45, 7) is 0. The Morgan fingerprint density at radius 2 is 0.833 bits per heavy atom. The summed E-state index contributed by atoms with van der Waals surface area (Å²) in [4.78, 5) is 0. The Morgan fingerprint density at radius 3 is 1.08 bits per heavy atom. The van der Waals surface area contributed by atoms with Gasteiger partial charge in [-0.05, 0) is 24.3 Å². The third-order valence-electron chi connectivity index (χ3n) is 2.22. The van der Waals surface area contributed by atoms with E-state index >= 15 is 0 Å². The zero-order valence-electron chi connectivity index (χ0n) is 11.7. The quantitative estimate of drug-likeness (QED) is 0.198. The van der Waals surface area contributed by atoms with E-state index < -0.39 is 9.14 Å². The van der Waals surface area contributed by atoms with Crippen LogP contribution in [0, 0.1) is 0 Å². The molecule has 0 radical (unpaired) electrons. The molecule has 0 saturated carbocycles. The van der Waals surface area contributed by atoms with Gasteiger partial charge in [-0.3, -0.25) is 0 Å². The fraction of sp³-hybridized carbons (Fsp3) is 0. The molecule has 0 aliphatic carbocycles. The van der Waals surface area contributed by atoms with Crippen LogP contribution in [0.5, 0.6) is 0 Å². The minimum absolute atomic E-state index is 0.388. The van der Waals surface area contributed by atoms with Crippen molar-refractivity contribution < 1.29 is 0 Å². The van der Waals surface area contributed by atoms with Crippen LogP contribution in [0.25, 0.3) is 0 Å². The SMILES string of the molecule is ClC(=[N+]=C(Cl)c1ccccc1)c1ccccc1.[Cl][Sb-]([Cl])([Cl])([Cl])([Cl])[Cl]. The van der Waals surface area contributed by atoms with Crippen LogP contribution in [0.1, 0.15) is 11.1 Å². The Bertz CT molecular complexity index is 687. The fourth-order valence-corrected chi connectivity index (χ4v) is 1.83. The third-order valence-corrected chi connectivity index (χ3v) is 2.83. The van der Waals surface area contributed by atoms with Crippen molar-refractivity contribution in [1.29, 1.82) is 0 Å². The Balaban J connectivity index is 0.000000351. The van der Waals surface area contributed by atoms with Crippen LogP contribution in [-0.4, -0.2) is 19.5 Å². The second-order valence-corrected chi connectivity index (χ2v) is 62.0. The summed E-state index contributed by atoms with van der Waals surface area (Å²) in [7, 11) is 25.0. The van der Waals surface area contributed by atoms with E-state index in [-0.39, 0.29) is 0 Å². The molecule has 0 spiro atoms. The van der Waals surface area contributed by atoms with Gasteiger partial charge in [-0.2, -0.15) is 0 Å². The van der Waals surface area contributed by atoms with Gasteiger partial charge in [0.05, 0.1) is 11.1 Å². The molecule has 0 heterocycles. The van der Waals surface area contributed by atoms with Crippen molar-refractivity contribution in [3.63, 3.8) is 0 Å². The van der Waals surface area contributed by atoms with Crippen molar-refractivity contribution in [2.75, 3.05) is 0 Å². The Hall–Kier alpha value is 1.03. The summed E-state index contributed by atoms with van der Waals surface area (Å²) in [5, 5.41) is 0.777. The summed E-state index contributed by atoms with van der Waals surface area (Å²) < 4.78 is 4.18. The first kappa shape index (κ1) is 23.1. The van der Waals surface area contributed by atoms with Gasteiger partial charge in [-0.25, -0.2) is 0 Å². The standard InChI is InChI=1S/C14H10Cl2N.6ClH.Sb/c15-13(11-7-3-1-4-8-11)17-14(16)12-9-5-2-6-10-12;;;;;;;/h1-10H;6*1H;/q+1;;;;;;;+5/p-6. The summed E-state index contributed by atoms with van der Waals surface area (Å²) in [5.74, 6) is 0. The van der Waals surface area contributed by atoms with Crippen molar-refractivity contribution in [3.05, 3.63) is 71.8 Å².